The van der Waals surface area contributed by atoms with E-state index < -0.39 is 0 Å². The number of carbonyl (C=O) groups is 1. The van der Waals surface area contributed by atoms with Gasteiger partial charge in [-0.25, -0.2) is 4.99 Å². The van der Waals surface area contributed by atoms with Crippen molar-refractivity contribution in [2.24, 2.45) is 4.99 Å². The van der Waals surface area contributed by atoms with Gasteiger partial charge in [-0.3, -0.25) is 4.79 Å². The average molecular weight is 447 g/mol. The summed E-state index contributed by atoms with van der Waals surface area (Å²) in [4.78, 5) is 18.2. The van der Waals surface area contributed by atoms with Crippen molar-refractivity contribution in [2.45, 2.75) is 57.5 Å². The average Bonchev–Trinajstić information content (AvgIpc) is 2.84. The van der Waals surface area contributed by atoms with Gasteiger partial charge in [-0.2, -0.15) is 0 Å². The Bertz CT molecular complexity index is 711. The van der Waals surface area contributed by atoms with Crippen molar-refractivity contribution >= 4 is 11.9 Å². The monoisotopic (exact) mass is 446 g/mol. The SMILES string of the molecule is CN(C)C(=O)CNC(=NCc1ccc(COC2CCOCC2)cc1)NCC1CCCCO1. The third-order valence-electron chi connectivity index (χ3n) is 5.77. The van der Waals surface area contributed by atoms with Gasteiger partial charge in [0.1, 0.15) is 0 Å². The third kappa shape index (κ3) is 8.76. The van der Waals surface area contributed by atoms with E-state index in [2.05, 4.69) is 39.9 Å². The Morgan fingerprint density at radius 2 is 1.81 bits per heavy atom. The summed E-state index contributed by atoms with van der Waals surface area (Å²) >= 11 is 0. The predicted molar refractivity (Wildman–Crippen MR) is 125 cm³/mol. The van der Waals surface area contributed by atoms with Gasteiger partial charge >= 0.3 is 0 Å². The van der Waals surface area contributed by atoms with Crippen LogP contribution in [-0.2, 0) is 32.2 Å². The predicted octanol–water partition coefficient (Wildman–Crippen LogP) is 2.07. The second-order valence-electron chi connectivity index (χ2n) is 8.62. The van der Waals surface area contributed by atoms with Crippen LogP contribution >= 0.6 is 0 Å². The van der Waals surface area contributed by atoms with Crippen LogP contribution < -0.4 is 10.6 Å². The van der Waals surface area contributed by atoms with Crippen LogP contribution in [0.3, 0.4) is 0 Å². The number of guanidine groups is 1. The Kier molecular flexibility index (Phi) is 10.3. The molecule has 32 heavy (non-hydrogen) atoms. The first kappa shape index (κ1) is 24.5. The van der Waals surface area contributed by atoms with E-state index in [4.69, 9.17) is 14.2 Å². The van der Waals surface area contributed by atoms with E-state index in [-0.39, 0.29) is 18.6 Å². The minimum absolute atomic E-state index is 0.00213. The summed E-state index contributed by atoms with van der Waals surface area (Å²) in [5, 5.41) is 6.48. The molecule has 1 unspecified atom stereocenters. The second kappa shape index (κ2) is 13.4. The number of hydrogen-bond donors (Lipinski definition) is 2. The molecule has 0 radical (unpaired) electrons. The van der Waals surface area contributed by atoms with Crippen LogP contribution in [0.5, 0.6) is 0 Å². The maximum absolute atomic E-state index is 12.0. The summed E-state index contributed by atoms with van der Waals surface area (Å²) in [6.45, 7) is 4.43. The van der Waals surface area contributed by atoms with Crippen LogP contribution in [0.25, 0.3) is 0 Å². The van der Waals surface area contributed by atoms with E-state index in [1.807, 2.05) is 0 Å². The summed E-state index contributed by atoms with van der Waals surface area (Å²) in [6, 6.07) is 8.35. The van der Waals surface area contributed by atoms with E-state index in [0.29, 0.717) is 31.8 Å². The standard InChI is InChI=1S/C24H38N4O4/c1-28(2)23(29)17-27-24(26-16-22-5-3-4-12-31-22)25-15-19-6-8-20(9-7-19)18-32-21-10-13-30-14-11-21/h6-9,21-22H,3-5,10-18H2,1-2H3,(H2,25,26,27). The molecule has 2 fully saturated rings. The van der Waals surface area contributed by atoms with Crippen LogP contribution in [-0.4, -0.2) is 76.0 Å². The molecule has 2 aliphatic rings. The molecule has 2 saturated heterocycles. The zero-order chi connectivity index (χ0) is 22.6. The molecule has 0 aliphatic carbocycles. The number of amides is 1. The van der Waals surface area contributed by atoms with E-state index >= 15 is 0 Å². The molecule has 0 spiro atoms. The fourth-order valence-electron chi connectivity index (χ4n) is 3.64. The quantitative estimate of drug-likeness (QED) is 0.446. The number of carbonyl (C=O) groups excluding carboxylic acids is 1. The van der Waals surface area contributed by atoms with Crippen LogP contribution in [0.15, 0.2) is 29.3 Å². The van der Waals surface area contributed by atoms with E-state index in [9.17, 15) is 4.79 Å². The van der Waals surface area contributed by atoms with E-state index in [1.165, 1.54) is 6.42 Å². The second-order valence-corrected chi connectivity index (χ2v) is 8.62. The summed E-state index contributed by atoms with van der Waals surface area (Å²) in [6.07, 6.45) is 5.80. The van der Waals surface area contributed by atoms with Gasteiger partial charge in [0.15, 0.2) is 5.96 Å². The van der Waals surface area contributed by atoms with Crippen LogP contribution in [0.2, 0.25) is 0 Å². The van der Waals surface area contributed by atoms with Crippen molar-refractivity contribution in [3.63, 3.8) is 0 Å². The minimum atomic E-state index is 0.00213. The van der Waals surface area contributed by atoms with Gasteiger partial charge in [-0.15, -0.1) is 0 Å². The van der Waals surface area contributed by atoms with Crippen molar-refractivity contribution in [1.82, 2.24) is 15.5 Å². The Morgan fingerprint density at radius 3 is 2.50 bits per heavy atom. The summed E-state index contributed by atoms with van der Waals surface area (Å²) in [5.74, 6) is 0.628. The van der Waals surface area contributed by atoms with Crippen LogP contribution in [0.4, 0.5) is 0 Å². The Labute approximate surface area is 191 Å². The van der Waals surface area contributed by atoms with Crippen LogP contribution in [0, 0.1) is 0 Å². The zero-order valence-corrected chi connectivity index (χ0v) is 19.5. The molecule has 0 saturated carbocycles. The maximum Gasteiger partial charge on any atom is 0.241 e. The first-order chi connectivity index (χ1) is 15.6. The minimum Gasteiger partial charge on any atom is -0.381 e. The van der Waals surface area contributed by atoms with Crippen molar-refractivity contribution in [3.05, 3.63) is 35.4 Å². The van der Waals surface area contributed by atoms with Crippen molar-refractivity contribution in [3.8, 4) is 0 Å². The van der Waals surface area contributed by atoms with Gasteiger partial charge in [0.25, 0.3) is 0 Å². The summed E-state index contributed by atoms with van der Waals surface area (Å²) < 4.78 is 17.2. The molecule has 0 aromatic heterocycles. The maximum atomic E-state index is 12.0. The first-order valence-electron chi connectivity index (χ1n) is 11.7. The highest BCUT2D eigenvalue weighted by Crippen LogP contribution is 2.14. The highest BCUT2D eigenvalue weighted by atomic mass is 16.5. The molecule has 8 heteroatoms. The van der Waals surface area contributed by atoms with Gasteiger partial charge in [0, 0.05) is 40.5 Å². The number of benzene rings is 1. The van der Waals surface area contributed by atoms with Crippen molar-refractivity contribution in [1.29, 1.82) is 0 Å². The lowest BCUT2D eigenvalue weighted by molar-refractivity contribution is -0.127. The van der Waals surface area contributed by atoms with Gasteiger partial charge in [-0.05, 0) is 43.2 Å². The number of rotatable bonds is 9. The number of likely N-dealkylation sites (N-methyl/N-ethyl adjacent to an activating group) is 1. The molecule has 1 aromatic carbocycles. The summed E-state index contributed by atoms with van der Waals surface area (Å²) in [5.41, 5.74) is 2.26. The molecule has 2 N–H and O–H groups in total. The smallest absolute Gasteiger partial charge is 0.241 e. The van der Waals surface area contributed by atoms with Gasteiger partial charge in [-0.1, -0.05) is 24.3 Å². The van der Waals surface area contributed by atoms with Gasteiger partial charge in [0.05, 0.1) is 31.9 Å². The molecule has 1 atom stereocenters. The van der Waals surface area contributed by atoms with E-state index in [1.54, 1.807) is 19.0 Å². The fraction of sp³-hybridized carbons (Fsp3) is 0.667. The fourth-order valence-corrected chi connectivity index (χ4v) is 3.64. The number of nitrogens with one attached hydrogen (secondary N) is 2. The zero-order valence-electron chi connectivity index (χ0n) is 19.5. The van der Waals surface area contributed by atoms with Gasteiger partial charge in [0.2, 0.25) is 5.91 Å². The van der Waals surface area contributed by atoms with Crippen molar-refractivity contribution < 1.29 is 19.0 Å². The lowest BCUT2D eigenvalue weighted by atomic mass is 10.1. The summed E-state index contributed by atoms with van der Waals surface area (Å²) in [7, 11) is 3.49. The molecule has 2 aliphatic heterocycles. The Hall–Kier alpha value is -2.16. The molecular formula is C24H38N4O4. The molecule has 1 amide bonds. The number of aliphatic imine (C=N–C) groups is 1. The number of nitrogens with zero attached hydrogens (tertiary/aromatic N) is 2. The first-order valence-corrected chi connectivity index (χ1v) is 11.7. The molecule has 2 heterocycles. The normalized spacial score (nSPS) is 20.1. The van der Waals surface area contributed by atoms with Gasteiger partial charge < -0.3 is 29.7 Å². The lowest BCUT2D eigenvalue weighted by Gasteiger charge is -2.24. The lowest BCUT2D eigenvalue weighted by Crippen LogP contribution is -2.45. The largest absolute Gasteiger partial charge is 0.381 e. The molecule has 8 nitrogen and oxygen atoms in total. The Morgan fingerprint density at radius 1 is 1.06 bits per heavy atom. The molecular weight excluding hydrogens is 408 g/mol. The molecule has 0 bridgehead atoms. The van der Waals surface area contributed by atoms with Crippen molar-refractivity contribution in [2.75, 3.05) is 47.0 Å². The molecule has 1 aromatic rings. The number of hydrogen-bond acceptors (Lipinski definition) is 5. The number of ether oxygens (including phenoxy) is 3. The topological polar surface area (TPSA) is 84.4 Å². The van der Waals surface area contributed by atoms with Crippen LogP contribution in [0.1, 0.15) is 43.2 Å². The molecule has 178 valence electrons. The highest BCUT2D eigenvalue weighted by Gasteiger charge is 2.15. The highest BCUT2D eigenvalue weighted by molar-refractivity contribution is 5.86. The molecule has 3 rings (SSSR count). The third-order valence-corrected chi connectivity index (χ3v) is 5.77. The Balaban J connectivity index is 1.50. The van der Waals surface area contributed by atoms with E-state index in [0.717, 1.165) is 56.6 Å².